The predicted octanol–water partition coefficient (Wildman–Crippen LogP) is -0.0534. The Morgan fingerprint density at radius 2 is 1.88 bits per heavy atom. The molecule has 0 aliphatic carbocycles. The minimum Gasteiger partial charge on any atom is -0.383 e. The van der Waals surface area contributed by atoms with E-state index in [1.165, 1.54) is 0 Å². The number of nitrogens with zero attached hydrogens (tertiary/aromatic N) is 1. The topological polar surface area (TPSA) is 57.0 Å². The van der Waals surface area contributed by atoms with Crippen molar-refractivity contribution >= 4 is 0 Å². The van der Waals surface area contributed by atoms with Crippen molar-refractivity contribution in [2.24, 2.45) is 11.1 Å². The van der Waals surface area contributed by atoms with Crippen LogP contribution in [-0.2, 0) is 14.2 Å². The van der Waals surface area contributed by atoms with E-state index in [0.29, 0.717) is 6.54 Å². The lowest BCUT2D eigenvalue weighted by molar-refractivity contribution is 0.0719. The van der Waals surface area contributed by atoms with E-state index < -0.39 is 0 Å². The van der Waals surface area contributed by atoms with Crippen LogP contribution in [0.1, 0.15) is 6.42 Å². The van der Waals surface area contributed by atoms with Crippen LogP contribution in [0.4, 0.5) is 0 Å². The molecule has 1 fully saturated rings. The molecule has 1 saturated heterocycles. The summed E-state index contributed by atoms with van der Waals surface area (Å²) in [6.45, 7) is 6.58. The van der Waals surface area contributed by atoms with Gasteiger partial charge in [0.15, 0.2) is 0 Å². The van der Waals surface area contributed by atoms with Crippen LogP contribution in [0.5, 0.6) is 0 Å². The average Bonchev–Trinajstić information content (AvgIpc) is 2.82. The Morgan fingerprint density at radius 1 is 1.24 bits per heavy atom. The quantitative estimate of drug-likeness (QED) is 0.618. The van der Waals surface area contributed by atoms with Crippen LogP contribution < -0.4 is 5.73 Å². The SMILES string of the molecule is COCCN(CCOC)CC1(CN)CCOC1. The van der Waals surface area contributed by atoms with E-state index in [0.717, 1.165) is 52.5 Å². The van der Waals surface area contributed by atoms with E-state index in [4.69, 9.17) is 19.9 Å². The molecule has 2 N–H and O–H groups in total. The first-order chi connectivity index (χ1) is 8.26. The van der Waals surface area contributed by atoms with Crippen LogP contribution in [0.3, 0.4) is 0 Å². The van der Waals surface area contributed by atoms with Gasteiger partial charge in [-0.3, -0.25) is 4.90 Å². The molecule has 1 atom stereocenters. The predicted molar refractivity (Wildman–Crippen MR) is 67.1 cm³/mol. The summed E-state index contributed by atoms with van der Waals surface area (Å²) < 4.78 is 15.8. The molecule has 0 aromatic rings. The third-order valence-electron chi connectivity index (χ3n) is 3.40. The van der Waals surface area contributed by atoms with Gasteiger partial charge in [-0.25, -0.2) is 0 Å². The molecule has 1 heterocycles. The van der Waals surface area contributed by atoms with Gasteiger partial charge in [0.1, 0.15) is 0 Å². The lowest BCUT2D eigenvalue weighted by Gasteiger charge is -2.33. The second-order valence-corrected chi connectivity index (χ2v) is 4.77. The second kappa shape index (κ2) is 8.00. The Hall–Kier alpha value is -0.200. The molecule has 5 heteroatoms. The van der Waals surface area contributed by atoms with E-state index in [1.54, 1.807) is 14.2 Å². The fraction of sp³-hybridized carbons (Fsp3) is 1.00. The number of nitrogens with two attached hydrogens (primary N) is 1. The summed E-state index contributed by atoms with van der Waals surface area (Å²) in [6.07, 6.45) is 1.06. The molecule has 0 aromatic carbocycles. The largest absolute Gasteiger partial charge is 0.383 e. The third-order valence-corrected chi connectivity index (χ3v) is 3.40. The zero-order valence-corrected chi connectivity index (χ0v) is 11.1. The molecule has 0 aromatic heterocycles. The van der Waals surface area contributed by atoms with E-state index in [1.807, 2.05) is 0 Å². The molecule has 1 aliphatic rings. The number of hydrogen-bond donors (Lipinski definition) is 1. The van der Waals surface area contributed by atoms with Crippen molar-refractivity contribution in [2.75, 3.05) is 66.8 Å². The van der Waals surface area contributed by atoms with Gasteiger partial charge in [-0.15, -0.1) is 0 Å². The molecule has 5 nitrogen and oxygen atoms in total. The molecule has 0 bridgehead atoms. The van der Waals surface area contributed by atoms with Gasteiger partial charge in [-0.05, 0) is 6.42 Å². The maximum absolute atomic E-state index is 5.91. The van der Waals surface area contributed by atoms with Crippen molar-refractivity contribution in [3.05, 3.63) is 0 Å². The maximum Gasteiger partial charge on any atom is 0.0589 e. The highest BCUT2D eigenvalue weighted by Crippen LogP contribution is 2.28. The molecular weight excluding hydrogens is 220 g/mol. The first-order valence-electron chi connectivity index (χ1n) is 6.24. The van der Waals surface area contributed by atoms with Gasteiger partial charge in [0.05, 0.1) is 19.8 Å². The highest BCUT2D eigenvalue weighted by molar-refractivity contribution is 4.87. The van der Waals surface area contributed by atoms with Crippen LogP contribution >= 0.6 is 0 Å². The molecule has 1 rings (SSSR count). The second-order valence-electron chi connectivity index (χ2n) is 4.77. The molecule has 0 amide bonds. The van der Waals surface area contributed by atoms with Gasteiger partial charge in [-0.1, -0.05) is 0 Å². The molecule has 102 valence electrons. The Bertz CT molecular complexity index is 188. The van der Waals surface area contributed by atoms with Crippen LogP contribution in [0.25, 0.3) is 0 Å². The van der Waals surface area contributed by atoms with E-state index in [9.17, 15) is 0 Å². The van der Waals surface area contributed by atoms with Crippen molar-refractivity contribution < 1.29 is 14.2 Å². The summed E-state index contributed by atoms with van der Waals surface area (Å²) >= 11 is 0. The van der Waals surface area contributed by atoms with Gasteiger partial charge in [0, 0.05) is 52.4 Å². The number of hydrogen-bond acceptors (Lipinski definition) is 5. The first-order valence-corrected chi connectivity index (χ1v) is 6.24. The van der Waals surface area contributed by atoms with E-state index >= 15 is 0 Å². The third kappa shape index (κ3) is 4.89. The number of methoxy groups -OCH3 is 2. The summed E-state index contributed by atoms with van der Waals surface area (Å²) in [4.78, 5) is 2.36. The zero-order chi connectivity index (χ0) is 12.6. The normalized spacial score (nSPS) is 24.7. The fourth-order valence-corrected chi connectivity index (χ4v) is 2.18. The van der Waals surface area contributed by atoms with Gasteiger partial charge >= 0.3 is 0 Å². The lowest BCUT2D eigenvalue weighted by Crippen LogP contribution is -2.45. The van der Waals surface area contributed by atoms with Crippen LogP contribution in [0.2, 0.25) is 0 Å². The molecular formula is C12H26N2O3. The van der Waals surface area contributed by atoms with Gasteiger partial charge in [0.25, 0.3) is 0 Å². The van der Waals surface area contributed by atoms with E-state index in [2.05, 4.69) is 4.90 Å². The molecule has 0 saturated carbocycles. The zero-order valence-electron chi connectivity index (χ0n) is 11.1. The van der Waals surface area contributed by atoms with Crippen molar-refractivity contribution in [2.45, 2.75) is 6.42 Å². The van der Waals surface area contributed by atoms with Crippen LogP contribution in [0.15, 0.2) is 0 Å². The molecule has 1 aliphatic heterocycles. The lowest BCUT2D eigenvalue weighted by atomic mass is 9.87. The smallest absolute Gasteiger partial charge is 0.0589 e. The summed E-state index contributed by atoms with van der Waals surface area (Å²) in [5, 5.41) is 0. The Labute approximate surface area is 104 Å². The summed E-state index contributed by atoms with van der Waals surface area (Å²) in [7, 11) is 3.46. The van der Waals surface area contributed by atoms with Crippen molar-refractivity contribution in [1.82, 2.24) is 4.90 Å². The molecule has 17 heavy (non-hydrogen) atoms. The summed E-state index contributed by atoms with van der Waals surface area (Å²) in [5.74, 6) is 0. The van der Waals surface area contributed by atoms with Crippen molar-refractivity contribution in [3.63, 3.8) is 0 Å². The maximum atomic E-state index is 5.91. The van der Waals surface area contributed by atoms with Gasteiger partial charge in [-0.2, -0.15) is 0 Å². The molecule has 0 spiro atoms. The summed E-state index contributed by atoms with van der Waals surface area (Å²) in [6, 6.07) is 0. The van der Waals surface area contributed by atoms with Crippen LogP contribution in [0, 0.1) is 5.41 Å². The van der Waals surface area contributed by atoms with Crippen molar-refractivity contribution in [1.29, 1.82) is 0 Å². The first kappa shape index (κ1) is 14.9. The molecule has 0 radical (unpaired) electrons. The molecule has 1 unspecified atom stereocenters. The minimum absolute atomic E-state index is 0.126. The number of ether oxygens (including phenoxy) is 3. The summed E-state index contributed by atoms with van der Waals surface area (Å²) in [5.41, 5.74) is 6.03. The van der Waals surface area contributed by atoms with E-state index in [-0.39, 0.29) is 5.41 Å². The Morgan fingerprint density at radius 3 is 2.29 bits per heavy atom. The standard InChI is InChI=1S/C12H26N2O3/c1-15-7-4-14(5-8-16-2)10-12(9-13)3-6-17-11-12/h3-11,13H2,1-2H3. The minimum atomic E-state index is 0.126. The monoisotopic (exact) mass is 246 g/mol. The average molecular weight is 246 g/mol. The fourth-order valence-electron chi connectivity index (χ4n) is 2.18. The Kier molecular flexibility index (Phi) is 6.99. The number of rotatable bonds is 9. The highest BCUT2D eigenvalue weighted by Gasteiger charge is 2.35. The Balaban J connectivity index is 2.44. The highest BCUT2D eigenvalue weighted by atomic mass is 16.5. The van der Waals surface area contributed by atoms with Gasteiger partial charge < -0.3 is 19.9 Å². The van der Waals surface area contributed by atoms with Crippen molar-refractivity contribution in [3.8, 4) is 0 Å². The van der Waals surface area contributed by atoms with Crippen LogP contribution in [-0.4, -0.2) is 71.7 Å². The van der Waals surface area contributed by atoms with Gasteiger partial charge in [0.2, 0.25) is 0 Å².